The zero-order valence-corrected chi connectivity index (χ0v) is 23.1. The van der Waals surface area contributed by atoms with Crippen LogP contribution in [0.2, 0.25) is 0 Å². The summed E-state index contributed by atoms with van der Waals surface area (Å²) >= 11 is 5.62. The van der Waals surface area contributed by atoms with E-state index in [1.807, 2.05) is 6.07 Å². The summed E-state index contributed by atoms with van der Waals surface area (Å²) in [5, 5.41) is 0. The molecule has 2 N–H and O–H groups in total. The Morgan fingerprint density at radius 2 is 1.72 bits per heavy atom. The van der Waals surface area contributed by atoms with Gasteiger partial charge >= 0.3 is 0 Å². The highest BCUT2D eigenvalue weighted by atomic mass is 35.5. The molecule has 3 heterocycles. The molecule has 0 aliphatic carbocycles. The van der Waals surface area contributed by atoms with Crippen LogP contribution in [-0.4, -0.2) is 31.1 Å². The van der Waals surface area contributed by atoms with Gasteiger partial charge in [-0.3, -0.25) is 18.9 Å². The molecule has 3 aromatic heterocycles. The Bertz CT molecular complexity index is 1610. The van der Waals surface area contributed by atoms with E-state index in [-0.39, 0.29) is 36.1 Å². The maximum absolute atomic E-state index is 15.1. The lowest BCUT2D eigenvalue weighted by Crippen LogP contribution is -2.36. The number of rotatable bonds is 7. The van der Waals surface area contributed by atoms with Crippen molar-refractivity contribution >= 4 is 71.0 Å². The molecule has 13 heteroatoms. The topological polar surface area (TPSA) is 111 Å². The van der Waals surface area contributed by atoms with Crippen LogP contribution in [0.25, 0.3) is 20.7 Å². The molecule has 0 radical (unpaired) electrons. The molecule has 5 aromatic rings. The number of nitrogens with two attached hydrogens (primary N) is 1. The Morgan fingerprint density at radius 3 is 2.38 bits per heavy atom. The highest BCUT2D eigenvalue weighted by Gasteiger charge is 2.29. The average Bonchev–Trinajstić information content (AvgIpc) is 3.36. The average molecular weight is 605 g/mol. The third kappa shape index (κ3) is 6.28. The minimum absolute atomic E-state index is 0. The summed E-state index contributed by atoms with van der Waals surface area (Å²) in [6.07, 6.45) is 6.40. The van der Waals surface area contributed by atoms with Gasteiger partial charge in [-0.05, 0) is 29.8 Å². The predicted molar refractivity (Wildman–Crippen MR) is 155 cm³/mol. The fourth-order valence-electron chi connectivity index (χ4n) is 3.71. The summed E-state index contributed by atoms with van der Waals surface area (Å²) in [5.41, 5.74) is 7.49. The minimum atomic E-state index is -1.14. The van der Waals surface area contributed by atoms with Gasteiger partial charge in [-0.25, -0.2) is 14.4 Å². The van der Waals surface area contributed by atoms with Crippen LogP contribution in [-0.2, 0) is 4.79 Å². The van der Waals surface area contributed by atoms with Crippen LogP contribution in [0.3, 0.4) is 0 Å². The number of aromatic nitrogens is 3. The molecule has 39 heavy (non-hydrogen) atoms. The highest BCUT2D eigenvalue weighted by molar-refractivity contribution is 7.78. The van der Waals surface area contributed by atoms with E-state index in [1.165, 1.54) is 29.8 Å². The first-order valence-corrected chi connectivity index (χ1v) is 12.1. The number of hydrogen-bond acceptors (Lipinski definition) is 8. The zero-order valence-electron chi connectivity index (χ0n) is 19.8. The molecule has 0 aliphatic rings. The molecule has 200 valence electrons. The van der Waals surface area contributed by atoms with Crippen molar-refractivity contribution in [3.63, 3.8) is 0 Å². The van der Waals surface area contributed by atoms with Gasteiger partial charge in [-0.1, -0.05) is 43.1 Å². The number of pyridine rings is 1. The number of nitrogens with zero attached hydrogens (tertiary/aromatic N) is 4. The van der Waals surface area contributed by atoms with E-state index < -0.39 is 23.7 Å². The zero-order chi connectivity index (χ0) is 25.9. The highest BCUT2D eigenvalue weighted by Crippen LogP contribution is 2.39. The Morgan fingerprint density at radius 1 is 1.00 bits per heavy atom. The Balaban J connectivity index is 0.00000210. The van der Waals surface area contributed by atoms with Crippen LogP contribution in [0, 0.1) is 5.82 Å². The quantitative estimate of drug-likeness (QED) is 0.219. The lowest BCUT2D eigenvalue weighted by atomic mass is 10.1. The van der Waals surface area contributed by atoms with Gasteiger partial charge in [0, 0.05) is 40.7 Å². The third-order valence-electron chi connectivity index (χ3n) is 5.46. The van der Waals surface area contributed by atoms with Crippen molar-refractivity contribution in [2.75, 3.05) is 0 Å². The Labute approximate surface area is 244 Å². The van der Waals surface area contributed by atoms with Crippen LogP contribution in [0.5, 0.6) is 11.5 Å². The maximum Gasteiger partial charge on any atom is 0.264 e. The number of thiophene rings is 1. The van der Waals surface area contributed by atoms with Gasteiger partial charge in [0.15, 0.2) is 11.6 Å². The summed E-state index contributed by atoms with van der Waals surface area (Å²) < 4.78 is 22.5. The van der Waals surface area contributed by atoms with E-state index >= 15 is 4.39 Å². The third-order valence-corrected chi connectivity index (χ3v) is 7.06. The molecule has 1 atom stereocenters. The Kier molecular flexibility index (Phi) is 9.81. The molecule has 2 aromatic carbocycles. The van der Waals surface area contributed by atoms with Crippen molar-refractivity contribution in [3.8, 4) is 21.9 Å². The summed E-state index contributed by atoms with van der Waals surface area (Å²) in [6, 6.07) is 14.6. The SMILES string of the molecule is Cl.Cl.NC(=O)C(c1ccccc1)N(S)C(=O)c1ccc(Oc2ccnc3cc(-c4cncnc4)sc23)c(F)c1. The van der Waals surface area contributed by atoms with E-state index in [0.717, 1.165) is 25.5 Å². The molecule has 0 saturated heterocycles. The van der Waals surface area contributed by atoms with Crippen molar-refractivity contribution in [3.05, 3.63) is 103 Å². The fourth-order valence-corrected chi connectivity index (χ4v) is 5.11. The second-order valence-corrected chi connectivity index (χ2v) is 9.36. The first-order chi connectivity index (χ1) is 17.9. The number of primary amides is 1. The van der Waals surface area contributed by atoms with Crippen LogP contribution >= 0.6 is 49.0 Å². The van der Waals surface area contributed by atoms with Gasteiger partial charge in [-0.2, -0.15) is 0 Å². The molecule has 1 unspecified atom stereocenters. The van der Waals surface area contributed by atoms with Crippen molar-refractivity contribution in [2.24, 2.45) is 5.73 Å². The lowest BCUT2D eigenvalue weighted by molar-refractivity contribution is -0.121. The molecule has 8 nitrogen and oxygen atoms in total. The number of fused-ring (bicyclic) bond motifs is 1. The minimum Gasteiger partial charge on any atom is -0.453 e. The fraction of sp³-hybridized carbons (Fsp3) is 0.0385. The number of carbonyl (C=O) groups is 2. The molecule has 0 bridgehead atoms. The number of amides is 2. The second kappa shape index (κ2) is 12.9. The standard InChI is InChI=1S/C26H18FN5O3S2.2ClH/c27-18-10-16(26(34)32(36)23(25(28)33)15-4-2-1-3-5-15)6-7-20(18)35-21-8-9-31-19-11-22(37-24(19)21)17-12-29-14-30-13-17;;/h1-14,23,36H,(H2,28,33);2*1H. The smallest absolute Gasteiger partial charge is 0.264 e. The molecule has 0 fully saturated rings. The lowest BCUT2D eigenvalue weighted by Gasteiger charge is -2.24. The van der Waals surface area contributed by atoms with Gasteiger partial charge < -0.3 is 10.5 Å². The van der Waals surface area contributed by atoms with E-state index in [4.69, 9.17) is 10.5 Å². The largest absolute Gasteiger partial charge is 0.453 e. The normalized spacial score (nSPS) is 11.1. The molecular formula is C26H20Cl2FN5O3S2. The molecule has 2 amide bonds. The number of benzene rings is 2. The molecule has 0 aliphatic heterocycles. The van der Waals surface area contributed by atoms with Crippen LogP contribution in [0.15, 0.2) is 85.6 Å². The molecule has 0 saturated carbocycles. The summed E-state index contributed by atoms with van der Waals surface area (Å²) in [4.78, 5) is 38.4. The molecule has 0 spiro atoms. The first-order valence-electron chi connectivity index (χ1n) is 10.9. The van der Waals surface area contributed by atoms with E-state index in [1.54, 1.807) is 55.0 Å². The second-order valence-electron chi connectivity index (χ2n) is 7.87. The number of ether oxygens (including phenoxy) is 1. The first kappa shape index (κ1) is 29.8. The number of thiol groups is 1. The van der Waals surface area contributed by atoms with Crippen molar-refractivity contribution in [1.82, 2.24) is 19.3 Å². The van der Waals surface area contributed by atoms with E-state index in [2.05, 4.69) is 27.8 Å². The van der Waals surface area contributed by atoms with Crippen molar-refractivity contribution in [1.29, 1.82) is 0 Å². The van der Waals surface area contributed by atoms with Gasteiger partial charge in [0.1, 0.15) is 18.1 Å². The number of hydrogen-bond donors (Lipinski definition) is 2. The van der Waals surface area contributed by atoms with Crippen molar-refractivity contribution < 1.29 is 18.7 Å². The summed E-state index contributed by atoms with van der Waals surface area (Å²) in [5.74, 6) is -1.90. The van der Waals surface area contributed by atoms with Crippen LogP contribution in [0.4, 0.5) is 4.39 Å². The predicted octanol–water partition coefficient (Wildman–Crippen LogP) is 6.04. The van der Waals surface area contributed by atoms with Crippen LogP contribution < -0.4 is 10.5 Å². The maximum atomic E-state index is 15.1. The number of carbonyl (C=O) groups excluding carboxylic acids is 2. The molecular weight excluding hydrogens is 584 g/mol. The van der Waals surface area contributed by atoms with Crippen molar-refractivity contribution in [2.45, 2.75) is 6.04 Å². The van der Waals surface area contributed by atoms with E-state index in [9.17, 15) is 9.59 Å². The van der Waals surface area contributed by atoms with Gasteiger partial charge in [-0.15, -0.1) is 36.2 Å². The molecule has 5 rings (SSSR count). The monoisotopic (exact) mass is 603 g/mol. The van der Waals surface area contributed by atoms with E-state index in [0.29, 0.717) is 16.8 Å². The van der Waals surface area contributed by atoms with Gasteiger partial charge in [0.2, 0.25) is 5.91 Å². The number of halogens is 3. The summed E-state index contributed by atoms with van der Waals surface area (Å²) in [6.45, 7) is 0. The van der Waals surface area contributed by atoms with Crippen LogP contribution in [0.1, 0.15) is 22.0 Å². The van der Waals surface area contributed by atoms with Gasteiger partial charge in [0.05, 0.1) is 10.2 Å². The van der Waals surface area contributed by atoms with Gasteiger partial charge in [0.25, 0.3) is 5.91 Å². The Hall–Kier alpha value is -3.77. The summed E-state index contributed by atoms with van der Waals surface area (Å²) in [7, 11) is 0.